The largest absolute Gasteiger partial charge is 0.573 e. The Morgan fingerprint density at radius 2 is 1.89 bits per heavy atom. The Morgan fingerprint density at radius 3 is 2.39 bits per heavy atom. The summed E-state index contributed by atoms with van der Waals surface area (Å²) in [5, 5.41) is 11.2. The minimum atomic E-state index is -4.69. The number of carboxylic acids is 1. The lowest BCUT2D eigenvalue weighted by molar-refractivity contribution is -0.274. The van der Waals surface area contributed by atoms with E-state index in [0.717, 1.165) is 5.56 Å². The predicted octanol–water partition coefficient (Wildman–Crippen LogP) is 2.15. The summed E-state index contributed by atoms with van der Waals surface area (Å²) in [6, 6.07) is 5.38. The molecule has 0 amide bonds. The number of hydrogen-bond acceptors (Lipinski definition) is 3. The molecular weight excluding hydrogens is 251 g/mol. The summed E-state index contributed by atoms with van der Waals surface area (Å²) >= 11 is 0. The smallest absolute Gasteiger partial charge is 0.481 e. The highest BCUT2D eigenvalue weighted by Gasteiger charge is 2.30. The molecule has 0 spiro atoms. The van der Waals surface area contributed by atoms with Crippen LogP contribution in [0.25, 0.3) is 0 Å². The van der Waals surface area contributed by atoms with E-state index in [4.69, 9.17) is 5.11 Å². The molecule has 0 aliphatic rings. The zero-order valence-corrected chi connectivity index (χ0v) is 9.33. The Balaban J connectivity index is 2.38. The average Bonchev–Trinajstić information content (AvgIpc) is 2.24. The first-order chi connectivity index (χ1) is 8.37. The number of rotatable bonds is 6. The molecule has 0 saturated carbocycles. The maximum Gasteiger partial charge on any atom is 0.573 e. The van der Waals surface area contributed by atoms with Gasteiger partial charge in [-0.25, -0.2) is 0 Å². The Morgan fingerprint density at radius 1 is 1.28 bits per heavy atom. The molecule has 1 rings (SSSR count). The van der Waals surface area contributed by atoms with Crippen LogP contribution in [0.3, 0.4) is 0 Å². The molecule has 2 N–H and O–H groups in total. The monoisotopic (exact) mass is 263 g/mol. The van der Waals surface area contributed by atoms with Gasteiger partial charge in [-0.15, -0.1) is 13.2 Å². The van der Waals surface area contributed by atoms with E-state index in [1.807, 2.05) is 0 Å². The molecule has 4 nitrogen and oxygen atoms in total. The van der Waals surface area contributed by atoms with Crippen LogP contribution in [-0.4, -0.2) is 24.0 Å². The first-order valence-electron chi connectivity index (χ1n) is 5.14. The summed E-state index contributed by atoms with van der Waals surface area (Å²) in [5.74, 6) is -1.19. The number of carboxylic acid groups (broad SMARTS) is 1. The van der Waals surface area contributed by atoms with Crippen LogP contribution >= 0.6 is 0 Å². The van der Waals surface area contributed by atoms with Crippen LogP contribution in [0.1, 0.15) is 12.0 Å². The van der Waals surface area contributed by atoms with Gasteiger partial charge in [-0.2, -0.15) is 0 Å². The second-order valence-electron chi connectivity index (χ2n) is 3.51. The summed E-state index contributed by atoms with van der Waals surface area (Å²) in [5.41, 5.74) is 0.745. The first-order valence-corrected chi connectivity index (χ1v) is 5.14. The third-order valence-electron chi connectivity index (χ3n) is 2.00. The number of hydrogen-bond donors (Lipinski definition) is 2. The molecule has 0 radical (unpaired) electrons. The van der Waals surface area contributed by atoms with Crippen LogP contribution in [0.5, 0.6) is 5.75 Å². The quantitative estimate of drug-likeness (QED) is 0.772. The summed E-state index contributed by atoms with van der Waals surface area (Å²) < 4.78 is 39.3. The van der Waals surface area contributed by atoms with E-state index in [0.29, 0.717) is 13.1 Å². The molecule has 1 aromatic carbocycles. The first kappa shape index (κ1) is 14.3. The van der Waals surface area contributed by atoms with Crippen LogP contribution in [0.15, 0.2) is 24.3 Å². The van der Waals surface area contributed by atoms with E-state index in [1.54, 1.807) is 0 Å². The number of aliphatic carboxylic acids is 1. The number of alkyl halides is 3. The Labute approximate surface area is 101 Å². The lowest BCUT2D eigenvalue weighted by Crippen LogP contribution is -2.18. The summed E-state index contributed by atoms with van der Waals surface area (Å²) in [4.78, 5) is 10.2. The highest BCUT2D eigenvalue weighted by atomic mass is 19.4. The molecule has 0 atom stereocenters. The molecule has 18 heavy (non-hydrogen) atoms. The van der Waals surface area contributed by atoms with Crippen molar-refractivity contribution in [1.29, 1.82) is 0 Å². The topological polar surface area (TPSA) is 58.6 Å². The van der Waals surface area contributed by atoms with E-state index in [2.05, 4.69) is 10.1 Å². The van der Waals surface area contributed by atoms with Crippen molar-refractivity contribution in [2.24, 2.45) is 0 Å². The number of nitrogens with one attached hydrogen (secondary N) is 1. The summed E-state index contributed by atoms with van der Waals surface area (Å²) in [6.45, 7) is 0.690. The number of halogens is 3. The maximum atomic E-state index is 11.9. The molecule has 0 aliphatic heterocycles. The minimum Gasteiger partial charge on any atom is -0.481 e. The van der Waals surface area contributed by atoms with Gasteiger partial charge in [0, 0.05) is 13.1 Å². The molecule has 0 aliphatic carbocycles. The normalized spacial score (nSPS) is 11.3. The van der Waals surface area contributed by atoms with Crippen molar-refractivity contribution in [3.63, 3.8) is 0 Å². The van der Waals surface area contributed by atoms with Crippen LogP contribution in [0, 0.1) is 0 Å². The SMILES string of the molecule is O=C(O)CCNCc1ccc(OC(F)(F)F)cc1. The third-order valence-corrected chi connectivity index (χ3v) is 2.00. The summed E-state index contributed by atoms with van der Waals surface area (Å²) in [7, 11) is 0. The van der Waals surface area contributed by atoms with Crippen molar-refractivity contribution >= 4 is 5.97 Å². The Hall–Kier alpha value is -1.76. The van der Waals surface area contributed by atoms with Gasteiger partial charge >= 0.3 is 12.3 Å². The van der Waals surface area contributed by atoms with Gasteiger partial charge in [0.15, 0.2) is 0 Å². The van der Waals surface area contributed by atoms with Gasteiger partial charge in [0.1, 0.15) is 5.75 Å². The van der Waals surface area contributed by atoms with Gasteiger partial charge in [0.05, 0.1) is 6.42 Å². The van der Waals surface area contributed by atoms with Gasteiger partial charge in [0.25, 0.3) is 0 Å². The Kier molecular flexibility index (Phi) is 4.96. The van der Waals surface area contributed by atoms with E-state index in [-0.39, 0.29) is 12.2 Å². The fourth-order valence-electron chi connectivity index (χ4n) is 1.24. The molecule has 0 aromatic heterocycles. The molecule has 100 valence electrons. The lowest BCUT2D eigenvalue weighted by Gasteiger charge is -2.09. The van der Waals surface area contributed by atoms with E-state index < -0.39 is 12.3 Å². The number of carbonyl (C=O) groups is 1. The van der Waals surface area contributed by atoms with Crippen LogP contribution in [-0.2, 0) is 11.3 Å². The van der Waals surface area contributed by atoms with E-state index >= 15 is 0 Å². The van der Waals surface area contributed by atoms with Crippen molar-refractivity contribution in [3.8, 4) is 5.75 Å². The highest BCUT2D eigenvalue weighted by molar-refractivity contribution is 5.66. The van der Waals surface area contributed by atoms with Crippen LogP contribution in [0.4, 0.5) is 13.2 Å². The molecule has 7 heteroatoms. The number of ether oxygens (including phenoxy) is 1. The van der Waals surface area contributed by atoms with Crippen molar-refractivity contribution in [3.05, 3.63) is 29.8 Å². The van der Waals surface area contributed by atoms with Gasteiger partial charge in [-0.05, 0) is 17.7 Å². The van der Waals surface area contributed by atoms with Crippen molar-refractivity contribution in [1.82, 2.24) is 5.32 Å². The fourth-order valence-corrected chi connectivity index (χ4v) is 1.24. The lowest BCUT2D eigenvalue weighted by atomic mass is 10.2. The second-order valence-corrected chi connectivity index (χ2v) is 3.51. The van der Waals surface area contributed by atoms with Crippen molar-refractivity contribution < 1.29 is 27.8 Å². The van der Waals surface area contributed by atoms with Crippen molar-refractivity contribution in [2.45, 2.75) is 19.3 Å². The van der Waals surface area contributed by atoms with Gasteiger partial charge in [-0.3, -0.25) is 4.79 Å². The molecule has 0 unspecified atom stereocenters. The standard InChI is InChI=1S/C11H12F3NO3/c12-11(13,14)18-9-3-1-8(2-4-9)7-15-6-5-10(16)17/h1-4,15H,5-7H2,(H,16,17). The molecule has 0 fully saturated rings. The molecule has 0 heterocycles. The Bertz CT molecular complexity index is 390. The average molecular weight is 263 g/mol. The zero-order valence-electron chi connectivity index (χ0n) is 9.33. The molecule has 0 saturated heterocycles. The molecule has 0 bridgehead atoms. The molecular formula is C11H12F3NO3. The van der Waals surface area contributed by atoms with E-state index in [9.17, 15) is 18.0 Å². The summed E-state index contributed by atoms with van der Waals surface area (Å²) in [6.07, 6.45) is -4.70. The van der Waals surface area contributed by atoms with Gasteiger partial charge in [-0.1, -0.05) is 12.1 Å². The van der Waals surface area contributed by atoms with E-state index in [1.165, 1.54) is 24.3 Å². The minimum absolute atomic E-state index is 0.00469. The maximum absolute atomic E-state index is 11.9. The number of benzene rings is 1. The zero-order chi connectivity index (χ0) is 13.6. The fraction of sp³-hybridized carbons (Fsp3) is 0.364. The van der Waals surface area contributed by atoms with Crippen LogP contribution < -0.4 is 10.1 Å². The molecule has 1 aromatic rings. The highest BCUT2D eigenvalue weighted by Crippen LogP contribution is 2.22. The van der Waals surface area contributed by atoms with Crippen molar-refractivity contribution in [2.75, 3.05) is 6.54 Å². The van der Waals surface area contributed by atoms with Gasteiger partial charge in [0.2, 0.25) is 0 Å². The predicted molar refractivity (Wildman–Crippen MR) is 57.1 cm³/mol. The van der Waals surface area contributed by atoms with Crippen LogP contribution in [0.2, 0.25) is 0 Å². The van der Waals surface area contributed by atoms with Gasteiger partial charge < -0.3 is 15.2 Å². The third kappa shape index (κ3) is 6.09. The second kappa shape index (κ2) is 6.25.